The van der Waals surface area contributed by atoms with E-state index in [9.17, 15) is 0 Å². The number of aromatic nitrogens is 2. The van der Waals surface area contributed by atoms with Gasteiger partial charge in [-0.1, -0.05) is 0 Å². The van der Waals surface area contributed by atoms with Gasteiger partial charge in [-0.3, -0.25) is 0 Å². The van der Waals surface area contributed by atoms with Gasteiger partial charge in [-0.25, -0.2) is 9.97 Å². The Morgan fingerprint density at radius 1 is 1.09 bits per heavy atom. The topological polar surface area (TPSA) is 67.5 Å². The molecule has 1 aromatic rings. The Balaban J connectivity index is 1.40. The van der Waals surface area contributed by atoms with Crippen molar-refractivity contribution in [3.8, 4) is 0 Å². The van der Waals surface area contributed by atoms with Crippen molar-refractivity contribution in [3.05, 3.63) is 17.5 Å². The van der Waals surface area contributed by atoms with Crippen LogP contribution in [-0.4, -0.2) is 65.6 Å². The molecule has 1 aromatic heterocycles. The first kappa shape index (κ1) is 15.3. The van der Waals surface area contributed by atoms with E-state index in [0.717, 1.165) is 44.7 Å². The van der Waals surface area contributed by atoms with E-state index in [2.05, 4.69) is 19.8 Å². The van der Waals surface area contributed by atoms with Gasteiger partial charge in [0.15, 0.2) is 0 Å². The first-order chi connectivity index (χ1) is 11.3. The van der Waals surface area contributed by atoms with Gasteiger partial charge >= 0.3 is 0 Å². The molecule has 126 valence electrons. The van der Waals surface area contributed by atoms with E-state index in [1.165, 1.54) is 44.6 Å². The number of nitrogens with two attached hydrogens (primary N) is 1. The molecule has 0 amide bonds. The molecule has 23 heavy (non-hydrogen) atoms. The number of ether oxygens (including phenoxy) is 1. The van der Waals surface area contributed by atoms with Gasteiger partial charge in [-0.2, -0.15) is 0 Å². The molecule has 0 aromatic carbocycles. The normalized spacial score (nSPS) is 24.9. The summed E-state index contributed by atoms with van der Waals surface area (Å²) in [5.74, 6) is 0.366. The number of hydrogen-bond acceptors (Lipinski definition) is 6. The van der Waals surface area contributed by atoms with Crippen molar-refractivity contribution < 1.29 is 4.74 Å². The summed E-state index contributed by atoms with van der Waals surface area (Å²) in [6.45, 7) is 7.88. The molecule has 6 nitrogen and oxygen atoms in total. The van der Waals surface area contributed by atoms with Gasteiger partial charge in [-0.05, 0) is 50.8 Å². The van der Waals surface area contributed by atoms with E-state index >= 15 is 0 Å². The molecule has 0 radical (unpaired) electrons. The Morgan fingerprint density at radius 3 is 2.52 bits per heavy atom. The van der Waals surface area contributed by atoms with Crippen molar-refractivity contribution in [3.63, 3.8) is 0 Å². The van der Waals surface area contributed by atoms with Crippen LogP contribution in [0.5, 0.6) is 0 Å². The smallest absolute Gasteiger partial charge is 0.220 e. The molecule has 4 rings (SSSR count). The largest absolute Gasteiger partial charge is 0.368 e. The fourth-order valence-electron chi connectivity index (χ4n) is 4.23. The fraction of sp³-hybridized carbons (Fsp3) is 0.765. The molecule has 2 fully saturated rings. The maximum absolute atomic E-state index is 6.23. The Bertz CT molecular complexity index is 550. The van der Waals surface area contributed by atoms with Crippen LogP contribution in [0.2, 0.25) is 0 Å². The molecule has 0 aliphatic carbocycles. The summed E-state index contributed by atoms with van der Waals surface area (Å²) in [5.41, 5.74) is 7.87. The Labute approximate surface area is 138 Å². The summed E-state index contributed by atoms with van der Waals surface area (Å²) in [4.78, 5) is 13.9. The molecule has 1 spiro atoms. The van der Waals surface area contributed by atoms with E-state index in [1.54, 1.807) is 0 Å². The third-order valence-corrected chi connectivity index (χ3v) is 5.66. The Morgan fingerprint density at radius 2 is 1.78 bits per heavy atom. The van der Waals surface area contributed by atoms with Crippen LogP contribution in [0.4, 0.5) is 5.95 Å². The molecule has 3 aliphatic rings. The molecule has 3 aliphatic heterocycles. The SMILES string of the molecule is Nc1ncc2c(n1)C1(CCN(CCN3CCCC3)CC1)OCC2. The monoisotopic (exact) mass is 317 g/mol. The van der Waals surface area contributed by atoms with Crippen LogP contribution in [0.3, 0.4) is 0 Å². The highest BCUT2D eigenvalue weighted by molar-refractivity contribution is 5.32. The van der Waals surface area contributed by atoms with Gasteiger partial charge < -0.3 is 20.3 Å². The summed E-state index contributed by atoms with van der Waals surface area (Å²) in [7, 11) is 0. The third kappa shape index (κ3) is 3.07. The van der Waals surface area contributed by atoms with Crippen LogP contribution in [-0.2, 0) is 16.8 Å². The van der Waals surface area contributed by atoms with Crippen molar-refractivity contribution in [2.45, 2.75) is 37.7 Å². The zero-order valence-corrected chi connectivity index (χ0v) is 13.8. The van der Waals surface area contributed by atoms with Crippen LogP contribution < -0.4 is 5.73 Å². The lowest BCUT2D eigenvalue weighted by Gasteiger charge is -2.44. The number of fused-ring (bicyclic) bond motifs is 2. The highest BCUT2D eigenvalue weighted by Crippen LogP contribution is 2.40. The Kier molecular flexibility index (Phi) is 4.22. The van der Waals surface area contributed by atoms with Crippen molar-refractivity contribution in [1.29, 1.82) is 0 Å². The van der Waals surface area contributed by atoms with Crippen molar-refractivity contribution in [1.82, 2.24) is 19.8 Å². The second-order valence-corrected chi connectivity index (χ2v) is 7.09. The zero-order chi connectivity index (χ0) is 15.7. The average molecular weight is 317 g/mol. The average Bonchev–Trinajstić information content (AvgIpc) is 3.09. The highest BCUT2D eigenvalue weighted by atomic mass is 16.5. The minimum atomic E-state index is -0.227. The summed E-state index contributed by atoms with van der Waals surface area (Å²) >= 11 is 0. The summed E-state index contributed by atoms with van der Waals surface area (Å²) < 4.78 is 6.23. The first-order valence-electron chi connectivity index (χ1n) is 8.96. The van der Waals surface area contributed by atoms with E-state index in [-0.39, 0.29) is 5.60 Å². The number of nitrogens with zero attached hydrogens (tertiary/aromatic N) is 4. The number of nitrogen functional groups attached to an aromatic ring is 1. The third-order valence-electron chi connectivity index (χ3n) is 5.66. The molecule has 0 bridgehead atoms. The zero-order valence-electron chi connectivity index (χ0n) is 13.8. The van der Waals surface area contributed by atoms with Gasteiger partial charge in [0.2, 0.25) is 5.95 Å². The lowest BCUT2D eigenvalue weighted by Crippen LogP contribution is -2.48. The van der Waals surface area contributed by atoms with Gasteiger partial charge in [0.1, 0.15) is 5.60 Å². The molecular weight excluding hydrogens is 290 g/mol. The van der Waals surface area contributed by atoms with Crippen molar-refractivity contribution in [2.75, 3.05) is 51.6 Å². The summed E-state index contributed by atoms with van der Waals surface area (Å²) in [6.07, 6.45) is 7.55. The molecule has 0 unspecified atom stereocenters. The highest BCUT2D eigenvalue weighted by Gasteiger charge is 2.42. The van der Waals surface area contributed by atoms with Crippen LogP contribution >= 0.6 is 0 Å². The van der Waals surface area contributed by atoms with Gasteiger partial charge in [0, 0.05) is 32.4 Å². The quantitative estimate of drug-likeness (QED) is 0.898. The summed E-state index contributed by atoms with van der Waals surface area (Å²) in [5, 5.41) is 0. The Hall–Kier alpha value is -1.24. The number of rotatable bonds is 3. The fourth-order valence-corrected chi connectivity index (χ4v) is 4.23. The first-order valence-corrected chi connectivity index (χ1v) is 8.96. The predicted octanol–water partition coefficient (Wildman–Crippen LogP) is 1.02. The van der Waals surface area contributed by atoms with E-state index in [4.69, 9.17) is 10.5 Å². The molecule has 2 N–H and O–H groups in total. The molecular formula is C17H27N5O. The minimum absolute atomic E-state index is 0.227. The van der Waals surface area contributed by atoms with Crippen LogP contribution in [0.15, 0.2) is 6.20 Å². The number of piperidine rings is 1. The lowest BCUT2D eigenvalue weighted by molar-refractivity contribution is -0.101. The predicted molar refractivity (Wildman–Crippen MR) is 89.1 cm³/mol. The number of anilines is 1. The van der Waals surface area contributed by atoms with Crippen LogP contribution in [0, 0.1) is 0 Å². The number of likely N-dealkylation sites (tertiary alicyclic amines) is 2. The minimum Gasteiger partial charge on any atom is -0.368 e. The second kappa shape index (κ2) is 6.34. The number of hydrogen-bond donors (Lipinski definition) is 1. The van der Waals surface area contributed by atoms with Gasteiger partial charge in [-0.15, -0.1) is 0 Å². The van der Waals surface area contributed by atoms with E-state index in [0.29, 0.717) is 5.95 Å². The molecule has 0 saturated carbocycles. The van der Waals surface area contributed by atoms with Gasteiger partial charge in [0.05, 0.1) is 12.3 Å². The van der Waals surface area contributed by atoms with Crippen LogP contribution in [0.25, 0.3) is 0 Å². The maximum atomic E-state index is 6.23. The lowest BCUT2D eigenvalue weighted by atomic mass is 9.83. The van der Waals surface area contributed by atoms with Crippen LogP contribution in [0.1, 0.15) is 36.9 Å². The molecule has 4 heterocycles. The van der Waals surface area contributed by atoms with E-state index in [1.807, 2.05) is 6.20 Å². The van der Waals surface area contributed by atoms with Gasteiger partial charge in [0.25, 0.3) is 0 Å². The molecule has 0 atom stereocenters. The molecule has 2 saturated heterocycles. The second-order valence-electron chi connectivity index (χ2n) is 7.09. The van der Waals surface area contributed by atoms with Crippen molar-refractivity contribution >= 4 is 5.95 Å². The van der Waals surface area contributed by atoms with Crippen molar-refractivity contribution in [2.24, 2.45) is 0 Å². The molecule has 6 heteroatoms. The maximum Gasteiger partial charge on any atom is 0.220 e. The summed E-state index contributed by atoms with van der Waals surface area (Å²) in [6, 6.07) is 0. The van der Waals surface area contributed by atoms with E-state index < -0.39 is 0 Å². The standard InChI is InChI=1S/C17H27N5O/c18-16-19-13-14-3-12-23-17(15(14)20-16)4-8-22(9-5-17)11-10-21-6-1-2-7-21/h13H,1-12H2,(H2,18,19,20).